The van der Waals surface area contributed by atoms with Gasteiger partial charge in [0.05, 0.1) is 6.20 Å². The van der Waals surface area contributed by atoms with Crippen LogP contribution in [0.25, 0.3) is 0 Å². The number of aryl methyl sites for hydroxylation is 2. The van der Waals surface area contributed by atoms with Gasteiger partial charge in [0.15, 0.2) is 0 Å². The van der Waals surface area contributed by atoms with Gasteiger partial charge in [-0.2, -0.15) is 9.40 Å². The normalized spacial score (nSPS) is 16.5. The molecular formula is C15H20N4O3S2. The van der Waals surface area contributed by atoms with E-state index in [-0.39, 0.29) is 5.91 Å². The molecule has 1 aliphatic heterocycles. The summed E-state index contributed by atoms with van der Waals surface area (Å²) in [5, 5.41) is 5.92. The van der Waals surface area contributed by atoms with E-state index in [0.717, 1.165) is 5.56 Å². The average Bonchev–Trinajstić information content (AvgIpc) is 3.24. The Kier molecular flexibility index (Phi) is 5.02. The summed E-state index contributed by atoms with van der Waals surface area (Å²) in [6, 6.07) is 3.35. The first-order valence-corrected chi connectivity index (χ1v) is 10.1. The van der Waals surface area contributed by atoms with Gasteiger partial charge in [0.25, 0.3) is 10.0 Å². The largest absolute Gasteiger partial charge is 0.340 e. The summed E-state index contributed by atoms with van der Waals surface area (Å²) < 4.78 is 28.5. The van der Waals surface area contributed by atoms with Crippen LogP contribution >= 0.6 is 11.3 Å². The van der Waals surface area contributed by atoms with Crippen molar-refractivity contribution in [1.29, 1.82) is 0 Å². The minimum Gasteiger partial charge on any atom is -0.340 e. The highest BCUT2D eigenvalue weighted by Crippen LogP contribution is 2.22. The molecule has 130 valence electrons. The van der Waals surface area contributed by atoms with E-state index in [1.165, 1.54) is 15.6 Å². The molecular weight excluding hydrogens is 348 g/mol. The fraction of sp³-hybridized carbons (Fsp3) is 0.467. The third-order valence-corrected chi connectivity index (χ3v) is 7.27. The molecule has 7 nitrogen and oxygen atoms in total. The predicted molar refractivity (Wildman–Crippen MR) is 91.2 cm³/mol. The Labute approximate surface area is 145 Å². The first-order chi connectivity index (χ1) is 11.5. The van der Waals surface area contributed by atoms with E-state index in [1.807, 2.05) is 13.1 Å². The van der Waals surface area contributed by atoms with Gasteiger partial charge in [0.1, 0.15) is 4.21 Å². The van der Waals surface area contributed by atoms with E-state index in [2.05, 4.69) is 5.10 Å². The van der Waals surface area contributed by atoms with E-state index in [9.17, 15) is 13.2 Å². The van der Waals surface area contributed by atoms with E-state index >= 15 is 0 Å². The number of piperazine rings is 1. The fourth-order valence-corrected chi connectivity index (χ4v) is 5.24. The van der Waals surface area contributed by atoms with Gasteiger partial charge < -0.3 is 4.90 Å². The molecule has 1 saturated heterocycles. The lowest BCUT2D eigenvalue weighted by Gasteiger charge is -2.33. The first kappa shape index (κ1) is 17.1. The third-order valence-electron chi connectivity index (χ3n) is 4.00. The van der Waals surface area contributed by atoms with Crippen LogP contribution in [0.2, 0.25) is 0 Å². The van der Waals surface area contributed by atoms with E-state index < -0.39 is 10.0 Å². The number of hydrogen-bond acceptors (Lipinski definition) is 5. The third kappa shape index (κ3) is 3.68. The van der Waals surface area contributed by atoms with Crippen molar-refractivity contribution in [2.45, 2.75) is 24.1 Å². The molecule has 0 spiro atoms. The average molecular weight is 368 g/mol. The zero-order valence-electron chi connectivity index (χ0n) is 13.5. The number of rotatable bonds is 5. The van der Waals surface area contributed by atoms with Crippen molar-refractivity contribution in [3.63, 3.8) is 0 Å². The lowest BCUT2D eigenvalue weighted by Crippen LogP contribution is -2.50. The maximum absolute atomic E-state index is 12.5. The maximum Gasteiger partial charge on any atom is 0.252 e. The second-order valence-corrected chi connectivity index (χ2v) is 8.86. The molecule has 1 aliphatic rings. The second-order valence-electron chi connectivity index (χ2n) is 5.75. The van der Waals surface area contributed by atoms with Crippen LogP contribution in [0.1, 0.15) is 12.0 Å². The summed E-state index contributed by atoms with van der Waals surface area (Å²) in [5.74, 6) is 0.0383. The molecule has 0 aromatic carbocycles. The monoisotopic (exact) mass is 368 g/mol. The number of hydrogen-bond donors (Lipinski definition) is 0. The Morgan fingerprint density at radius 2 is 2.04 bits per heavy atom. The van der Waals surface area contributed by atoms with Crippen LogP contribution in [0.4, 0.5) is 0 Å². The standard InChI is InChI=1S/C15H20N4O3S2/c1-13-11-16-18(12-13)5-4-14(20)17-6-8-19(9-7-17)24(21,22)15-3-2-10-23-15/h2-3,10-12H,4-9H2,1H3. The second kappa shape index (κ2) is 7.04. The molecule has 24 heavy (non-hydrogen) atoms. The van der Waals surface area contributed by atoms with E-state index in [1.54, 1.807) is 33.3 Å². The van der Waals surface area contributed by atoms with Crippen LogP contribution in [0.5, 0.6) is 0 Å². The minimum atomic E-state index is -3.42. The lowest BCUT2D eigenvalue weighted by molar-refractivity contribution is -0.132. The van der Waals surface area contributed by atoms with Crippen LogP contribution in [0.3, 0.4) is 0 Å². The Morgan fingerprint density at radius 3 is 2.62 bits per heavy atom. The molecule has 0 aliphatic carbocycles. The topological polar surface area (TPSA) is 75.5 Å². The zero-order chi connectivity index (χ0) is 17.2. The molecule has 0 N–H and O–H groups in total. The highest BCUT2D eigenvalue weighted by atomic mass is 32.2. The van der Waals surface area contributed by atoms with Crippen molar-refractivity contribution in [1.82, 2.24) is 19.0 Å². The van der Waals surface area contributed by atoms with Gasteiger partial charge >= 0.3 is 0 Å². The molecule has 1 amide bonds. The van der Waals surface area contributed by atoms with Crippen molar-refractivity contribution in [2.24, 2.45) is 0 Å². The van der Waals surface area contributed by atoms with Gasteiger partial charge in [-0.25, -0.2) is 8.42 Å². The van der Waals surface area contributed by atoms with Crippen LogP contribution < -0.4 is 0 Å². The Morgan fingerprint density at radius 1 is 1.29 bits per heavy atom. The number of amides is 1. The fourth-order valence-electron chi connectivity index (χ4n) is 2.67. The highest BCUT2D eigenvalue weighted by molar-refractivity contribution is 7.91. The molecule has 1 fully saturated rings. The van der Waals surface area contributed by atoms with Gasteiger partial charge in [-0.3, -0.25) is 9.48 Å². The number of thiophene rings is 1. The molecule has 2 aromatic rings. The molecule has 0 bridgehead atoms. The predicted octanol–water partition coefficient (Wildman–Crippen LogP) is 1.18. The van der Waals surface area contributed by atoms with Crippen LogP contribution in [-0.4, -0.2) is 59.5 Å². The van der Waals surface area contributed by atoms with Gasteiger partial charge in [-0.05, 0) is 23.9 Å². The SMILES string of the molecule is Cc1cnn(CCC(=O)N2CCN(S(=O)(=O)c3cccs3)CC2)c1. The van der Waals surface area contributed by atoms with Gasteiger partial charge in [-0.15, -0.1) is 11.3 Å². The van der Waals surface area contributed by atoms with Gasteiger partial charge in [0.2, 0.25) is 5.91 Å². The zero-order valence-corrected chi connectivity index (χ0v) is 15.1. The Balaban J connectivity index is 1.52. The van der Waals surface area contributed by atoms with Crippen LogP contribution in [0.15, 0.2) is 34.1 Å². The highest BCUT2D eigenvalue weighted by Gasteiger charge is 2.30. The Bertz CT molecular complexity index is 791. The summed E-state index contributed by atoms with van der Waals surface area (Å²) in [7, 11) is -3.42. The number of carbonyl (C=O) groups excluding carboxylic acids is 1. The van der Waals surface area contributed by atoms with Gasteiger partial charge in [0, 0.05) is 45.3 Å². The molecule has 0 saturated carbocycles. The van der Waals surface area contributed by atoms with Crippen LogP contribution in [-0.2, 0) is 21.4 Å². The van der Waals surface area contributed by atoms with Crippen molar-refractivity contribution in [3.8, 4) is 0 Å². The van der Waals surface area contributed by atoms with Crippen molar-refractivity contribution in [2.75, 3.05) is 26.2 Å². The van der Waals surface area contributed by atoms with Crippen molar-refractivity contribution in [3.05, 3.63) is 35.5 Å². The summed E-state index contributed by atoms with van der Waals surface area (Å²) in [6.45, 7) is 4.04. The minimum absolute atomic E-state index is 0.0383. The van der Waals surface area contributed by atoms with E-state index in [0.29, 0.717) is 43.4 Å². The smallest absolute Gasteiger partial charge is 0.252 e. The molecule has 9 heteroatoms. The number of sulfonamides is 1. The summed E-state index contributed by atoms with van der Waals surface area (Å²) >= 11 is 1.22. The Hall–Kier alpha value is -1.71. The number of carbonyl (C=O) groups is 1. The lowest BCUT2D eigenvalue weighted by atomic mass is 10.3. The summed E-state index contributed by atoms with van der Waals surface area (Å²) in [5.41, 5.74) is 1.06. The molecule has 3 heterocycles. The molecule has 3 rings (SSSR count). The molecule has 2 aromatic heterocycles. The number of nitrogens with zero attached hydrogens (tertiary/aromatic N) is 4. The molecule has 0 atom stereocenters. The van der Waals surface area contributed by atoms with Crippen molar-refractivity contribution < 1.29 is 13.2 Å². The van der Waals surface area contributed by atoms with Crippen molar-refractivity contribution >= 4 is 27.3 Å². The molecule has 0 unspecified atom stereocenters. The van der Waals surface area contributed by atoms with E-state index in [4.69, 9.17) is 0 Å². The van der Waals surface area contributed by atoms with Crippen LogP contribution in [0, 0.1) is 6.92 Å². The summed E-state index contributed by atoms with van der Waals surface area (Å²) in [6.07, 6.45) is 4.04. The first-order valence-electron chi connectivity index (χ1n) is 7.77. The summed E-state index contributed by atoms with van der Waals surface area (Å²) in [4.78, 5) is 14.0. The molecule has 0 radical (unpaired) electrons. The quantitative estimate of drug-likeness (QED) is 0.794. The maximum atomic E-state index is 12.5. The number of aromatic nitrogens is 2. The van der Waals surface area contributed by atoms with Gasteiger partial charge in [-0.1, -0.05) is 6.07 Å².